The molecule has 8 nitrogen and oxygen atoms in total. The third-order valence-corrected chi connectivity index (χ3v) is 4.61. The highest BCUT2D eigenvalue weighted by atomic mass is 16.5. The van der Waals surface area contributed by atoms with Crippen molar-refractivity contribution in [3.8, 4) is 28.5 Å². The molecule has 0 fully saturated rings. The number of nitrogens with one attached hydrogen (secondary N) is 2. The highest BCUT2D eigenvalue weighted by Crippen LogP contribution is 2.23. The average molecular weight is 403 g/mol. The third kappa shape index (κ3) is 4.38. The van der Waals surface area contributed by atoms with Crippen LogP contribution in [0.5, 0.6) is 5.75 Å². The largest absolute Gasteiger partial charge is 0.497 e. The van der Waals surface area contributed by atoms with Crippen LogP contribution in [0.1, 0.15) is 21.9 Å². The predicted molar refractivity (Wildman–Crippen MR) is 111 cm³/mol. The molecule has 0 aliphatic heterocycles. The van der Waals surface area contributed by atoms with Gasteiger partial charge < -0.3 is 14.6 Å². The molecule has 0 unspecified atom stereocenters. The molecule has 0 bridgehead atoms. The van der Waals surface area contributed by atoms with E-state index in [1.54, 1.807) is 13.2 Å². The SMILES string of the molecule is COc1ccc(-c2cc(C(=O)NCCc3nc(-c4ccc(C)cc4)n[nH]3)no2)cc1. The number of benzene rings is 2. The number of rotatable bonds is 7. The topological polar surface area (TPSA) is 106 Å². The van der Waals surface area contributed by atoms with E-state index in [0.29, 0.717) is 30.4 Å². The van der Waals surface area contributed by atoms with Crippen LogP contribution in [-0.4, -0.2) is 39.9 Å². The average Bonchev–Trinajstić information content (AvgIpc) is 3.44. The van der Waals surface area contributed by atoms with Gasteiger partial charge in [0.15, 0.2) is 17.3 Å². The van der Waals surface area contributed by atoms with Gasteiger partial charge in [-0.1, -0.05) is 35.0 Å². The molecular weight excluding hydrogens is 382 g/mol. The molecule has 0 radical (unpaired) electrons. The summed E-state index contributed by atoms with van der Waals surface area (Å²) in [6.07, 6.45) is 0.522. The molecule has 2 aromatic carbocycles. The molecule has 0 atom stereocenters. The number of methoxy groups -OCH3 is 1. The molecule has 2 aromatic heterocycles. The Kier molecular flexibility index (Phi) is 5.56. The van der Waals surface area contributed by atoms with Crippen molar-refractivity contribution in [2.45, 2.75) is 13.3 Å². The van der Waals surface area contributed by atoms with Crippen molar-refractivity contribution >= 4 is 5.91 Å². The summed E-state index contributed by atoms with van der Waals surface area (Å²) in [5, 5.41) is 13.8. The van der Waals surface area contributed by atoms with Crippen LogP contribution in [0.4, 0.5) is 0 Å². The quantitative estimate of drug-likeness (QED) is 0.490. The maximum atomic E-state index is 12.3. The van der Waals surface area contributed by atoms with Gasteiger partial charge in [0.05, 0.1) is 7.11 Å². The lowest BCUT2D eigenvalue weighted by molar-refractivity contribution is 0.0945. The van der Waals surface area contributed by atoms with Gasteiger partial charge in [0.25, 0.3) is 5.91 Å². The number of ether oxygens (including phenoxy) is 1. The molecule has 30 heavy (non-hydrogen) atoms. The second kappa shape index (κ2) is 8.60. The predicted octanol–water partition coefficient (Wildman–Crippen LogP) is 3.42. The number of hydrogen-bond donors (Lipinski definition) is 2. The van der Waals surface area contributed by atoms with Gasteiger partial charge in [-0.3, -0.25) is 9.89 Å². The van der Waals surface area contributed by atoms with Crippen LogP contribution in [0.25, 0.3) is 22.7 Å². The first kappa shape index (κ1) is 19.4. The van der Waals surface area contributed by atoms with Crippen molar-refractivity contribution in [1.82, 2.24) is 25.7 Å². The molecule has 0 saturated carbocycles. The molecule has 4 aromatic rings. The third-order valence-electron chi connectivity index (χ3n) is 4.61. The van der Waals surface area contributed by atoms with E-state index in [1.165, 1.54) is 5.56 Å². The molecule has 0 saturated heterocycles. The van der Waals surface area contributed by atoms with Crippen LogP contribution < -0.4 is 10.1 Å². The number of hydrogen-bond acceptors (Lipinski definition) is 6. The van der Waals surface area contributed by atoms with Crippen molar-refractivity contribution in [2.24, 2.45) is 0 Å². The van der Waals surface area contributed by atoms with E-state index in [4.69, 9.17) is 9.26 Å². The summed E-state index contributed by atoms with van der Waals surface area (Å²) in [6, 6.07) is 16.9. The molecule has 152 valence electrons. The Bertz CT molecular complexity index is 1130. The summed E-state index contributed by atoms with van der Waals surface area (Å²) in [6.45, 7) is 2.43. The summed E-state index contributed by atoms with van der Waals surface area (Å²) in [5.74, 6) is 2.29. The number of carbonyl (C=O) groups excluding carboxylic acids is 1. The lowest BCUT2D eigenvalue weighted by Crippen LogP contribution is -2.26. The fraction of sp³-hybridized carbons (Fsp3) is 0.182. The Morgan fingerprint density at radius 1 is 1.10 bits per heavy atom. The van der Waals surface area contributed by atoms with Gasteiger partial charge in [-0.2, -0.15) is 5.10 Å². The van der Waals surface area contributed by atoms with Crippen molar-refractivity contribution in [3.05, 3.63) is 71.7 Å². The highest BCUT2D eigenvalue weighted by Gasteiger charge is 2.14. The van der Waals surface area contributed by atoms with Crippen LogP contribution in [-0.2, 0) is 6.42 Å². The number of nitrogens with zero attached hydrogens (tertiary/aromatic N) is 3. The van der Waals surface area contributed by atoms with E-state index < -0.39 is 0 Å². The van der Waals surface area contributed by atoms with Gasteiger partial charge >= 0.3 is 0 Å². The zero-order valence-electron chi connectivity index (χ0n) is 16.7. The molecule has 0 aliphatic carbocycles. The summed E-state index contributed by atoms with van der Waals surface area (Å²) >= 11 is 0. The maximum absolute atomic E-state index is 12.3. The number of amides is 1. The molecule has 2 heterocycles. The zero-order valence-corrected chi connectivity index (χ0v) is 16.7. The zero-order chi connectivity index (χ0) is 20.9. The van der Waals surface area contributed by atoms with E-state index in [9.17, 15) is 4.79 Å². The Morgan fingerprint density at radius 3 is 2.57 bits per heavy atom. The molecule has 2 N–H and O–H groups in total. The molecule has 1 amide bonds. The van der Waals surface area contributed by atoms with Crippen LogP contribution in [0, 0.1) is 6.92 Å². The second-order valence-corrected chi connectivity index (χ2v) is 6.78. The fourth-order valence-electron chi connectivity index (χ4n) is 2.90. The van der Waals surface area contributed by atoms with Crippen LogP contribution in [0.3, 0.4) is 0 Å². The molecular formula is C22H21N5O3. The molecule has 4 rings (SSSR count). The number of aromatic nitrogens is 4. The molecule has 0 spiro atoms. The van der Waals surface area contributed by atoms with Gasteiger partial charge in [0, 0.05) is 30.2 Å². The number of aromatic amines is 1. The Morgan fingerprint density at radius 2 is 1.83 bits per heavy atom. The fourth-order valence-corrected chi connectivity index (χ4v) is 2.90. The standard InChI is InChI=1S/C22H21N5O3/c1-14-3-5-16(6-4-14)21-24-20(25-26-21)11-12-23-22(28)18-13-19(30-27-18)15-7-9-17(29-2)10-8-15/h3-10,13H,11-12H2,1-2H3,(H,23,28)(H,24,25,26). The van der Waals surface area contributed by atoms with Gasteiger partial charge in [0.2, 0.25) is 0 Å². The lowest BCUT2D eigenvalue weighted by Gasteiger charge is -2.00. The Hall–Kier alpha value is -3.94. The molecule has 8 heteroatoms. The summed E-state index contributed by atoms with van der Waals surface area (Å²) in [7, 11) is 1.61. The van der Waals surface area contributed by atoms with Crippen molar-refractivity contribution in [1.29, 1.82) is 0 Å². The van der Waals surface area contributed by atoms with E-state index in [0.717, 1.165) is 16.9 Å². The normalized spacial score (nSPS) is 10.7. The van der Waals surface area contributed by atoms with Gasteiger partial charge in [-0.25, -0.2) is 4.98 Å². The van der Waals surface area contributed by atoms with Crippen LogP contribution in [0.2, 0.25) is 0 Å². The summed E-state index contributed by atoms with van der Waals surface area (Å²) in [5.41, 5.74) is 3.16. The summed E-state index contributed by atoms with van der Waals surface area (Å²) < 4.78 is 10.4. The minimum Gasteiger partial charge on any atom is -0.497 e. The molecule has 0 aliphatic rings. The Balaban J connectivity index is 1.32. The van der Waals surface area contributed by atoms with Gasteiger partial charge in [-0.05, 0) is 31.2 Å². The first-order valence-electron chi connectivity index (χ1n) is 9.50. The van der Waals surface area contributed by atoms with Crippen molar-refractivity contribution in [3.63, 3.8) is 0 Å². The van der Waals surface area contributed by atoms with E-state index in [-0.39, 0.29) is 11.6 Å². The van der Waals surface area contributed by atoms with Crippen molar-refractivity contribution < 1.29 is 14.1 Å². The minimum atomic E-state index is -0.309. The highest BCUT2D eigenvalue weighted by molar-refractivity contribution is 5.93. The second-order valence-electron chi connectivity index (χ2n) is 6.78. The first-order chi connectivity index (χ1) is 14.6. The maximum Gasteiger partial charge on any atom is 0.273 e. The monoisotopic (exact) mass is 403 g/mol. The minimum absolute atomic E-state index is 0.221. The van der Waals surface area contributed by atoms with E-state index in [1.807, 2.05) is 55.5 Å². The lowest BCUT2D eigenvalue weighted by atomic mass is 10.1. The van der Waals surface area contributed by atoms with Crippen molar-refractivity contribution in [2.75, 3.05) is 13.7 Å². The van der Waals surface area contributed by atoms with Gasteiger partial charge in [0.1, 0.15) is 11.6 Å². The smallest absolute Gasteiger partial charge is 0.273 e. The van der Waals surface area contributed by atoms with Crippen LogP contribution >= 0.6 is 0 Å². The summed E-state index contributed by atoms with van der Waals surface area (Å²) in [4.78, 5) is 16.8. The van der Waals surface area contributed by atoms with E-state index >= 15 is 0 Å². The van der Waals surface area contributed by atoms with E-state index in [2.05, 4.69) is 25.7 Å². The van der Waals surface area contributed by atoms with Crippen LogP contribution in [0.15, 0.2) is 59.1 Å². The van der Waals surface area contributed by atoms with Gasteiger partial charge in [-0.15, -0.1) is 0 Å². The number of carbonyl (C=O) groups is 1. The number of H-pyrrole nitrogens is 1. The Labute approximate surface area is 173 Å². The number of aryl methyl sites for hydroxylation is 1. The first-order valence-corrected chi connectivity index (χ1v) is 9.50.